The standard InChI is InChI=1S/C19H22N4O3/c20-17-16(19(26)23-14-5-7-15(24)8-6-14)9-13(10-22-17)11-1-3-12(4-2-11)18(21)25/h1-4,9-10,14-15,24H,5-8H2,(H2,20,22)(H2,21,25)(H,23,26). The Hall–Kier alpha value is -2.93. The molecule has 0 atom stereocenters. The van der Waals surface area contributed by atoms with E-state index in [1.165, 1.54) is 0 Å². The number of carbonyl (C=O) groups is 2. The van der Waals surface area contributed by atoms with Crippen LogP contribution in [0.1, 0.15) is 46.4 Å². The lowest BCUT2D eigenvalue weighted by molar-refractivity contribution is 0.0868. The van der Waals surface area contributed by atoms with Gasteiger partial charge in [-0.1, -0.05) is 12.1 Å². The highest BCUT2D eigenvalue weighted by molar-refractivity contribution is 5.99. The number of hydrogen-bond acceptors (Lipinski definition) is 5. The number of carbonyl (C=O) groups excluding carboxylic acids is 2. The number of aromatic nitrogens is 1. The van der Waals surface area contributed by atoms with Crippen LogP contribution in [0.15, 0.2) is 36.5 Å². The molecule has 6 N–H and O–H groups in total. The van der Waals surface area contributed by atoms with Crippen LogP contribution in [-0.2, 0) is 0 Å². The van der Waals surface area contributed by atoms with Crippen molar-refractivity contribution >= 4 is 17.6 Å². The van der Waals surface area contributed by atoms with E-state index in [-0.39, 0.29) is 23.9 Å². The number of aliphatic hydroxyl groups is 1. The van der Waals surface area contributed by atoms with E-state index in [0.29, 0.717) is 24.0 Å². The molecule has 1 aromatic carbocycles. The van der Waals surface area contributed by atoms with Crippen LogP contribution in [0.4, 0.5) is 5.82 Å². The first-order valence-electron chi connectivity index (χ1n) is 8.58. The van der Waals surface area contributed by atoms with Gasteiger partial charge in [0.2, 0.25) is 5.91 Å². The maximum Gasteiger partial charge on any atom is 0.255 e. The van der Waals surface area contributed by atoms with Crippen molar-refractivity contribution in [3.05, 3.63) is 47.7 Å². The summed E-state index contributed by atoms with van der Waals surface area (Å²) in [6.45, 7) is 0. The lowest BCUT2D eigenvalue weighted by Gasteiger charge is -2.26. The Morgan fingerprint density at radius 2 is 1.73 bits per heavy atom. The van der Waals surface area contributed by atoms with E-state index in [1.807, 2.05) is 0 Å². The first kappa shape index (κ1) is 17.9. The van der Waals surface area contributed by atoms with Gasteiger partial charge < -0.3 is 21.9 Å². The zero-order valence-corrected chi connectivity index (χ0v) is 14.3. The van der Waals surface area contributed by atoms with Gasteiger partial charge in [0.15, 0.2) is 0 Å². The van der Waals surface area contributed by atoms with Crippen molar-refractivity contribution in [3.8, 4) is 11.1 Å². The summed E-state index contributed by atoms with van der Waals surface area (Å²) in [7, 11) is 0. The minimum atomic E-state index is -0.496. The third kappa shape index (κ3) is 4.00. The topological polar surface area (TPSA) is 131 Å². The van der Waals surface area contributed by atoms with E-state index in [9.17, 15) is 14.7 Å². The quantitative estimate of drug-likeness (QED) is 0.660. The second kappa shape index (κ2) is 7.53. The van der Waals surface area contributed by atoms with E-state index in [4.69, 9.17) is 11.5 Å². The molecule has 1 aliphatic rings. The van der Waals surface area contributed by atoms with Gasteiger partial charge in [-0.25, -0.2) is 4.98 Å². The number of anilines is 1. The molecule has 1 fully saturated rings. The van der Waals surface area contributed by atoms with Crippen molar-refractivity contribution in [1.82, 2.24) is 10.3 Å². The van der Waals surface area contributed by atoms with Crippen LogP contribution < -0.4 is 16.8 Å². The smallest absolute Gasteiger partial charge is 0.255 e. The number of pyridine rings is 1. The molecule has 0 bridgehead atoms. The summed E-state index contributed by atoms with van der Waals surface area (Å²) in [6, 6.07) is 8.47. The van der Waals surface area contributed by atoms with Crippen LogP contribution in [0, 0.1) is 0 Å². The number of nitrogens with one attached hydrogen (secondary N) is 1. The molecule has 136 valence electrons. The highest BCUT2D eigenvalue weighted by Crippen LogP contribution is 2.24. The van der Waals surface area contributed by atoms with E-state index < -0.39 is 5.91 Å². The lowest BCUT2D eigenvalue weighted by atomic mass is 9.93. The lowest BCUT2D eigenvalue weighted by Crippen LogP contribution is -2.38. The average Bonchev–Trinajstić information content (AvgIpc) is 2.64. The predicted molar refractivity (Wildman–Crippen MR) is 98.3 cm³/mol. The van der Waals surface area contributed by atoms with Gasteiger partial charge in [0.25, 0.3) is 5.91 Å². The van der Waals surface area contributed by atoms with Crippen molar-refractivity contribution < 1.29 is 14.7 Å². The fourth-order valence-corrected chi connectivity index (χ4v) is 3.13. The fourth-order valence-electron chi connectivity index (χ4n) is 3.13. The van der Waals surface area contributed by atoms with Gasteiger partial charge in [-0.05, 0) is 49.4 Å². The SMILES string of the molecule is NC(=O)c1ccc(-c2cnc(N)c(C(=O)NC3CCC(O)CC3)c2)cc1. The monoisotopic (exact) mass is 354 g/mol. The van der Waals surface area contributed by atoms with Gasteiger partial charge >= 0.3 is 0 Å². The van der Waals surface area contributed by atoms with E-state index in [1.54, 1.807) is 36.5 Å². The first-order chi connectivity index (χ1) is 12.4. The van der Waals surface area contributed by atoms with Crippen LogP contribution in [0.2, 0.25) is 0 Å². The Balaban J connectivity index is 1.78. The molecule has 2 aromatic rings. The zero-order valence-electron chi connectivity index (χ0n) is 14.3. The molecule has 26 heavy (non-hydrogen) atoms. The number of nitrogens with two attached hydrogens (primary N) is 2. The second-order valence-electron chi connectivity index (χ2n) is 6.58. The Kier molecular flexibility index (Phi) is 5.18. The van der Waals surface area contributed by atoms with Crippen LogP contribution in [-0.4, -0.2) is 34.1 Å². The van der Waals surface area contributed by atoms with Crippen molar-refractivity contribution in [2.75, 3.05) is 5.73 Å². The van der Waals surface area contributed by atoms with Gasteiger partial charge in [0.1, 0.15) is 5.82 Å². The maximum absolute atomic E-state index is 12.6. The van der Waals surface area contributed by atoms with Gasteiger partial charge in [0, 0.05) is 23.4 Å². The van der Waals surface area contributed by atoms with Gasteiger partial charge in [-0.3, -0.25) is 9.59 Å². The number of primary amides is 1. The number of hydrogen-bond donors (Lipinski definition) is 4. The predicted octanol–water partition coefficient (Wildman–Crippen LogP) is 1.46. The van der Waals surface area contributed by atoms with Crippen LogP contribution in [0.5, 0.6) is 0 Å². The molecule has 0 spiro atoms. The zero-order chi connectivity index (χ0) is 18.7. The number of aliphatic hydroxyl groups excluding tert-OH is 1. The largest absolute Gasteiger partial charge is 0.393 e. The summed E-state index contributed by atoms with van der Waals surface area (Å²) >= 11 is 0. The van der Waals surface area contributed by atoms with Crippen molar-refractivity contribution in [2.24, 2.45) is 5.73 Å². The third-order valence-corrected chi connectivity index (χ3v) is 4.70. The van der Waals surface area contributed by atoms with E-state index in [2.05, 4.69) is 10.3 Å². The average molecular weight is 354 g/mol. The molecule has 1 heterocycles. The Morgan fingerprint density at radius 1 is 1.08 bits per heavy atom. The van der Waals surface area contributed by atoms with Crippen LogP contribution >= 0.6 is 0 Å². The minimum absolute atomic E-state index is 0.0313. The molecule has 0 saturated heterocycles. The molecule has 7 heteroatoms. The molecule has 1 saturated carbocycles. The number of rotatable bonds is 4. The van der Waals surface area contributed by atoms with E-state index in [0.717, 1.165) is 24.0 Å². The molecular weight excluding hydrogens is 332 g/mol. The maximum atomic E-state index is 12.6. The number of nitrogen functional groups attached to an aromatic ring is 1. The molecule has 0 aliphatic heterocycles. The summed E-state index contributed by atoms with van der Waals surface area (Å²) in [5.74, 6) is -0.604. The fraction of sp³-hybridized carbons (Fsp3) is 0.316. The van der Waals surface area contributed by atoms with Crippen molar-refractivity contribution in [2.45, 2.75) is 37.8 Å². The molecule has 3 rings (SSSR count). The second-order valence-corrected chi connectivity index (χ2v) is 6.58. The summed E-state index contributed by atoms with van der Waals surface area (Å²) in [5, 5.41) is 12.5. The number of amides is 2. The highest BCUT2D eigenvalue weighted by Gasteiger charge is 2.22. The van der Waals surface area contributed by atoms with Gasteiger partial charge in [-0.15, -0.1) is 0 Å². The number of nitrogens with zero attached hydrogens (tertiary/aromatic N) is 1. The Bertz CT molecular complexity index is 812. The first-order valence-corrected chi connectivity index (χ1v) is 8.58. The summed E-state index contributed by atoms with van der Waals surface area (Å²) in [4.78, 5) is 27.9. The molecule has 0 unspecified atom stereocenters. The molecule has 0 radical (unpaired) electrons. The summed E-state index contributed by atoms with van der Waals surface area (Å²) < 4.78 is 0. The number of benzene rings is 1. The van der Waals surface area contributed by atoms with Crippen LogP contribution in [0.3, 0.4) is 0 Å². The molecule has 1 aliphatic carbocycles. The normalized spacial score (nSPS) is 19.7. The van der Waals surface area contributed by atoms with Crippen molar-refractivity contribution in [3.63, 3.8) is 0 Å². The van der Waals surface area contributed by atoms with Gasteiger partial charge in [-0.2, -0.15) is 0 Å². The Morgan fingerprint density at radius 3 is 2.35 bits per heavy atom. The molecule has 2 amide bonds. The molecule has 1 aromatic heterocycles. The molecule has 7 nitrogen and oxygen atoms in total. The third-order valence-electron chi connectivity index (χ3n) is 4.70. The molecular formula is C19H22N4O3. The summed E-state index contributed by atoms with van der Waals surface area (Å²) in [5.41, 5.74) is 13.4. The van der Waals surface area contributed by atoms with Crippen LogP contribution in [0.25, 0.3) is 11.1 Å². The highest BCUT2D eigenvalue weighted by atomic mass is 16.3. The minimum Gasteiger partial charge on any atom is -0.393 e. The Labute approximate surface area is 151 Å². The van der Waals surface area contributed by atoms with Crippen molar-refractivity contribution in [1.29, 1.82) is 0 Å². The van der Waals surface area contributed by atoms with E-state index >= 15 is 0 Å². The van der Waals surface area contributed by atoms with Gasteiger partial charge in [0.05, 0.1) is 11.7 Å². The summed E-state index contributed by atoms with van der Waals surface area (Å²) in [6.07, 6.45) is 4.17.